The number of fused-ring (bicyclic) bond motifs is 1. The molecular formula is C22H33N5O2. The maximum absolute atomic E-state index is 5.92. The molecule has 1 aliphatic heterocycles. The zero-order valence-corrected chi connectivity index (χ0v) is 18.0. The maximum Gasteiger partial charge on any atom is 0.191 e. The molecule has 0 saturated carbocycles. The second-order valence-electron chi connectivity index (χ2n) is 7.38. The number of benzene rings is 1. The molecule has 1 unspecified atom stereocenters. The minimum absolute atomic E-state index is 0.219. The summed E-state index contributed by atoms with van der Waals surface area (Å²) in [5, 5.41) is 13.8. The predicted octanol–water partition coefficient (Wildman–Crippen LogP) is 3.13. The van der Waals surface area contributed by atoms with E-state index < -0.39 is 0 Å². The number of H-pyrrole nitrogens is 1. The number of rotatable bonds is 9. The van der Waals surface area contributed by atoms with Crippen molar-refractivity contribution < 1.29 is 9.47 Å². The van der Waals surface area contributed by atoms with Crippen molar-refractivity contribution in [1.29, 1.82) is 0 Å². The van der Waals surface area contributed by atoms with Crippen molar-refractivity contribution in [3.63, 3.8) is 0 Å². The molecule has 3 rings (SSSR count). The number of aromatic amines is 1. The molecule has 7 nitrogen and oxygen atoms in total. The van der Waals surface area contributed by atoms with Gasteiger partial charge in [-0.3, -0.25) is 5.10 Å². The summed E-state index contributed by atoms with van der Waals surface area (Å²) >= 11 is 0. The van der Waals surface area contributed by atoms with E-state index in [9.17, 15) is 0 Å². The van der Waals surface area contributed by atoms with Crippen molar-refractivity contribution in [2.24, 2.45) is 4.99 Å². The van der Waals surface area contributed by atoms with Crippen molar-refractivity contribution >= 4 is 5.96 Å². The van der Waals surface area contributed by atoms with Crippen LogP contribution in [-0.2, 0) is 19.4 Å². The van der Waals surface area contributed by atoms with Crippen molar-refractivity contribution in [2.45, 2.75) is 59.6 Å². The van der Waals surface area contributed by atoms with Crippen molar-refractivity contribution in [1.82, 2.24) is 20.8 Å². The SMILES string of the molecule is CCNC(=NCc1cc2c(cc1OCC)CC(C)O2)NCCCc1cn[nH]c1C. The van der Waals surface area contributed by atoms with E-state index in [0.717, 1.165) is 61.1 Å². The van der Waals surface area contributed by atoms with Gasteiger partial charge in [-0.25, -0.2) is 4.99 Å². The topological polar surface area (TPSA) is 83.6 Å². The molecule has 0 spiro atoms. The molecule has 1 aromatic heterocycles. The lowest BCUT2D eigenvalue weighted by Gasteiger charge is -2.14. The van der Waals surface area contributed by atoms with Crippen LogP contribution in [0.25, 0.3) is 0 Å². The van der Waals surface area contributed by atoms with Crippen LogP contribution < -0.4 is 20.1 Å². The zero-order chi connectivity index (χ0) is 20.6. The van der Waals surface area contributed by atoms with Gasteiger partial charge in [0.2, 0.25) is 0 Å². The number of ether oxygens (including phenoxy) is 2. The van der Waals surface area contributed by atoms with E-state index >= 15 is 0 Å². The Kier molecular flexibility index (Phi) is 7.38. The van der Waals surface area contributed by atoms with Crippen LogP contribution in [0.1, 0.15) is 49.6 Å². The molecule has 1 aliphatic rings. The first-order valence-corrected chi connectivity index (χ1v) is 10.6. The number of aromatic nitrogens is 2. The third kappa shape index (κ3) is 5.65. The highest BCUT2D eigenvalue weighted by molar-refractivity contribution is 5.79. The van der Waals surface area contributed by atoms with E-state index in [-0.39, 0.29) is 6.10 Å². The molecule has 0 bridgehead atoms. The summed E-state index contributed by atoms with van der Waals surface area (Å²) in [5.74, 6) is 2.67. The summed E-state index contributed by atoms with van der Waals surface area (Å²) in [5.41, 5.74) is 4.67. The summed E-state index contributed by atoms with van der Waals surface area (Å²) in [6.45, 7) is 11.1. The fourth-order valence-electron chi connectivity index (χ4n) is 3.51. The minimum atomic E-state index is 0.219. The second kappa shape index (κ2) is 10.2. The van der Waals surface area contributed by atoms with Crippen molar-refractivity contribution in [3.05, 3.63) is 40.7 Å². The van der Waals surface area contributed by atoms with E-state index in [4.69, 9.17) is 14.5 Å². The largest absolute Gasteiger partial charge is 0.494 e. The van der Waals surface area contributed by atoms with Crippen LogP contribution in [0.5, 0.6) is 11.5 Å². The Hall–Kier alpha value is -2.70. The molecule has 3 N–H and O–H groups in total. The van der Waals surface area contributed by atoms with Crippen LogP contribution in [0.15, 0.2) is 23.3 Å². The molecule has 0 aliphatic carbocycles. The number of hydrogen-bond donors (Lipinski definition) is 3. The van der Waals surface area contributed by atoms with Crippen LogP contribution in [-0.4, -0.2) is 42.0 Å². The van der Waals surface area contributed by atoms with Crippen LogP contribution in [0.4, 0.5) is 0 Å². The average molecular weight is 400 g/mol. The predicted molar refractivity (Wildman–Crippen MR) is 116 cm³/mol. The molecule has 0 fully saturated rings. The van der Waals surface area contributed by atoms with Crippen molar-refractivity contribution in [2.75, 3.05) is 19.7 Å². The Morgan fingerprint density at radius 1 is 1.31 bits per heavy atom. The number of hydrogen-bond acceptors (Lipinski definition) is 4. The highest BCUT2D eigenvalue weighted by Crippen LogP contribution is 2.35. The van der Waals surface area contributed by atoms with Crippen LogP contribution >= 0.6 is 0 Å². The van der Waals surface area contributed by atoms with Gasteiger partial charge in [-0.05, 0) is 58.2 Å². The van der Waals surface area contributed by atoms with Gasteiger partial charge in [-0.2, -0.15) is 5.10 Å². The molecule has 1 atom stereocenters. The summed E-state index contributed by atoms with van der Waals surface area (Å²) < 4.78 is 11.8. The van der Waals surface area contributed by atoms with Gasteiger partial charge in [0, 0.05) is 36.3 Å². The summed E-state index contributed by atoms with van der Waals surface area (Å²) in [7, 11) is 0. The van der Waals surface area contributed by atoms with E-state index in [1.54, 1.807) is 0 Å². The van der Waals surface area contributed by atoms with E-state index in [1.165, 1.54) is 11.1 Å². The first-order chi connectivity index (χ1) is 14.1. The minimum Gasteiger partial charge on any atom is -0.494 e. The lowest BCUT2D eigenvalue weighted by molar-refractivity contribution is 0.254. The van der Waals surface area contributed by atoms with Gasteiger partial charge in [0.25, 0.3) is 0 Å². The second-order valence-corrected chi connectivity index (χ2v) is 7.38. The van der Waals surface area contributed by atoms with E-state index in [1.807, 2.05) is 13.1 Å². The lowest BCUT2D eigenvalue weighted by Crippen LogP contribution is -2.37. The number of nitrogens with zero attached hydrogens (tertiary/aromatic N) is 2. The summed E-state index contributed by atoms with van der Waals surface area (Å²) in [4.78, 5) is 4.76. The third-order valence-electron chi connectivity index (χ3n) is 4.98. The smallest absolute Gasteiger partial charge is 0.191 e. The Morgan fingerprint density at radius 3 is 2.90 bits per heavy atom. The van der Waals surface area contributed by atoms with E-state index in [0.29, 0.717) is 13.2 Å². The van der Waals surface area contributed by atoms with Gasteiger partial charge < -0.3 is 20.1 Å². The quantitative estimate of drug-likeness (QED) is 0.343. The molecule has 158 valence electrons. The van der Waals surface area contributed by atoms with Gasteiger partial charge in [0.15, 0.2) is 5.96 Å². The summed E-state index contributed by atoms with van der Waals surface area (Å²) in [6.07, 6.45) is 5.05. The molecule has 1 aromatic carbocycles. The first kappa shape index (κ1) is 21.0. The van der Waals surface area contributed by atoms with Crippen molar-refractivity contribution in [3.8, 4) is 11.5 Å². The fourth-order valence-corrected chi connectivity index (χ4v) is 3.51. The Labute approximate surface area is 173 Å². The van der Waals surface area contributed by atoms with Crippen LogP contribution in [0.3, 0.4) is 0 Å². The molecule has 7 heteroatoms. The number of guanidine groups is 1. The van der Waals surface area contributed by atoms with Crippen LogP contribution in [0, 0.1) is 6.92 Å². The standard InChI is InChI=1S/C22H33N5O2/c1-5-23-22(24-9-7-8-17-14-26-27-16(17)4)25-13-19-12-21-18(10-15(3)29-21)11-20(19)28-6-2/h11-12,14-15H,5-10,13H2,1-4H3,(H,26,27)(H2,23,24,25). The fraction of sp³-hybridized carbons (Fsp3) is 0.545. The Morgan fingerprint density at radius 2 is 2.17 bits per heavy atom. The molecule has 0 radical (unpaired) electrons. The third-order valence-corrected chi connectivity index (χ3v) is 4.98. The molecule has 2 heterocycles. The summed E-state index contributed by atoms with van der Waals surface area (Å²) in [6, 6.07) is 4.19. The van der Waals surface area contributed by atoms with Gasteiger partial charge in [-0.15, -0.1) is 0 Å². The average Bonchev–Trinajstić information content (AvgIpc) is 3.27. The van der Waals surface area contributed by atoms with Gasteiger partial charge >= 0.3 is 0 Å². The van der Waals surface area contributed by atoms with Gasteiger partial charge in [-0.1, -0.05) is 0 Å². The highest BCUT2D eigenvalue weighted by atomic mass is 16.5. The molecule has 2 aromatic rings. The Bertz CT molecular complexity index is 831. The molecular weight excluding hydrogens is 366 g/mol. The monoisotopic (exact) mass is 399 g/mol. The molecule has 29 heavy (non-hydrogen) atoms. The maximum atomic E-state index is 5.92. The first-order valence-electron chi connectivity index (χ1n) is 10.6. The Balaban J connectivity index is 1.61. The van der Waals surface area contributed by atoms with E-state index in [2.05, 4.69) is 53.7 Å². The van der Waals surface area contributed by atoms with Crippen LogP contribution in [0.2, 0.25) is 0 Å². The number of aliphatic imine (C=N–C) groups is 1. The normalized spacial score (nSPS) is 15.7. The lowest BCUT2D eigenvalue weighted by atomic mass is 10.1. The highest BCUT2D eigenvalue weighted by Gasteiger charge is 2.21. The molecule has 0 amide bonds. The molecule has 0 saturated heterocycles. The number of aryl methyl sites for hydroxylation is 2. The zero-order valence-electron chi connectivity index (χ0n) is 18.0. The van der Waals surface area contributed by atoms with Gasteiger partial charge in [0.1, 0.15) is 17.6 Å². The van der Waals surface area contributed by atoms with Gasteiger partial charge in [0.05, 0.1) is 19.3 Å². The number of nitrogens with one attached hydrogen (secondary N) is 3.